The maximum absolute atomic E-state index is 2.47. The fraction of sp³-hybridized carbons (Fsp3) is 0.667. The lowest BCUT2D eigenvalue weighted by atomic mass is 10.1. The fourth-order valence-electron chi connectivity index (χ4n) is 1.26. The molecule has 1 unspecified atom stereocenters. The van der Waals surface area contributed by atoms with Crippen LogP contribution in [0.1, 0.15) is 6.42 Å². The molecule has 0 saturated carbocycles. The van der Waals surface area contributed by atoms with E-state index in [2.05, 4.69) is 17.1 Å². The second kappa shape index (κ2) is 1.10. The number of rotatable bonds is 0. The summed E-state index contributed by atoms with van der Waals surface area (Å²) in [5, 5.41) is 0. The molecule has 2 aliphatic heterocycles. The van der Waals surface area contributed by atoms with Crippen molar-refractivity contribution in [2.24, 2.45) is 0 Å². The van der Waals surface area contributed by atoms with Crippen molar-refractivity contribution in [2.45, 2.75) is 12.5 Å². The molecule has 0 aromatic carbocycles. The highest BCUT2D eigenvalue weighted by atomic mass is 15.2. The molecule has 0 amide bonds. The van der Waals surface area contributed by atoms with Crippen LogP contribution < -0.4 is 0 Å². The van der Waals surface area contributed by atoms with Gasteiger partial charge in [0.1, 0.15) is 0 Å². The van der Waals surface area contributed by atoms with Crippen molar-refractivity contribution in [2.75, 3.05) is 13.1 Å². The van der Waals surface area contributed by atoms with Crippen LogP contribution in [-0.4, -0.2) is 24.0 Å². The molecule has 0 aromatic heterocycles. The predicted molar refractivity (Wildman–Crippen MR) is 29.1 cm³/mol. The van der Waals surface area contributed by atoms with Gasteiger partial charge in [0.05, 0.1) is 0 Å². The number of hydrogen-bond donors (Lipinski definition) is 0. The van der Waals surface area contributed by atoms with Crippen molar-refractivity contribution >= 4 is 0 Å². The molecule has 2 heterocycles. The Morgan fingerprint density at radius 1 is 1.57 bits per heavy atom. The maximum atomic E-state index is 2.47. The van der Waals surface area contributed by atoms with Crippen molar-refractivity contribution in [3.63, 3.8) is 0 Å². The molecule has 1 saturated heterocycles. The summed E-state index contributed by atoms with van der Waals surface area (Å²) in [5.41, 5.74) is 0. The molecule has 0 N–H and O–H groups in total. The van der Waals surface area contributed by atoms with Crippen LogP contribution in [0, 0.1) is 0 Å². The molecule has 0 bridgehead atoms. The van der Waals surface area contributed by atoms with Gasteiger partial charge >= 0.3 is 0 Å². The molecular formula is C6H9N. The van der Waals surface area contributed by atoms with E-state index in [0.29, 0.717) is 0 Å². The Balaban J connectivity index is 2.14. The molecule has 2 aliphatic rings. The monoisotopic (exact) mass is 95.1 g/mol. The lowest BCUT2D eigenvalue weighted by Gasteiger charge is -2.34. The summed E-state index contributed by atoms with van der Waals surface area (Å²) < 4.78 is 0. The van der Waals surface area contributed by atoms with Crippen LogP contribution in [0.4, 0.5) is 0 Å². The summed E-state index contributed by atoms with van der Waals surface area (Å²) in [4.78, 5) is 2.47. The Hall–Kier alpha value is -0.300. The average molecular weight is 95.1 g/mol. The van der Waals surface area contributed by atoms with Gasteiger partial charge in [-0.05, 0) is 6.42 Å². The first-order chi connectivity index (χ1) is 3.47. The van der Waals surface area contributed by atoms with Gasteiger partial charge in [0.15, 0.2) is 0 Å². The predicted octanol–water partition coefficient (Wildman–Crippen LogP) is 0.630. The highest BCUT2D eigenvalue weighted by molar-refractivity contribution is 5.08. The molecule has 0 aliphatic carbocycles. The molecule has 0 spiro atoms. The average Bonchev–Trinajstić information content (AvgIpc) is 1.85. The topological polar surface area (TPSA) is 3.24 Å². The molecule has 1 fully saturated rings. The summed E-state index contributed by atoms with van der Waals surface area (Å²) >= 11 is 0. The van der Waals surface area contributed by atoms with E-state index in [1.807, 2.05) is 0 Å². The highest BCUT2D eigenvalue weighted by Gasteiger charge is 2.27. The van der Waals surface area contributed by atoms with Crippen LogP contribution in [-0.2, 0) is 0 Å². The lowest BCUT2D eigenvalue weighted by molar-refractivity contribution is 0.160. The Morgan fingerprint density at radius 3 is 2.86 bits per heavy atom. The van der Waals surface area contributed by atoms with Crippen molar-refractivity contribution in [1.82, 2.24) is 4.90 Å². The smallest absolute Gasteiger partial charge is 0.0294 e. The molecule has 38 valence electrons. The highest BCUT2D eigenvalue weighted by Crippen LogP contribution is 2.21. The van der Waals surface area contributed by atoms with Gasteiger partial charge in [-0.1, -0.05) is 12.2 Å². The molecule has 1 nitrogen and oxygen atoms in total. The molecule has 1 heteroatoms. The van der Waals surface area contributed by atoms with Gasteiger partial charge in [-0.3, -0.25) is 4.90 Å². The minimum Gasteiger partial charge on any atom is -0.293 e. The van der Waals surface area contributed by atoms with E-state index in [9.17, 15) is 0 Å². The second-order valence-corrected chi connectivity index (χ2v) is 2.28. The van der Waals surface area contributed by atoms with E-state index in [-0.39, 0.29) is 0 Å². The summed E-state index contributed by atoms with van der Waals surface area (Å²) in [6.45, 7) is 2.54. The van der Waals surface area contributed by atoms with Gasteiger partial charge < -0.3 is 0 Å². The van der Waals surface area contributed by atoms with E-state index < -0.39 is 0 Å². The number of fused-ring (bicyclic) bond motifs is 1. The van der Waals surface area contributed by atoms with E-state index in [1.165, 1.54) is 19.5 Å². The Morgan fingerprint density at radius 2 is 2.57 bits per heavy atom. The van der Waals surface area contributed by atoms with Crippen LogP contribution in [0.5, 0.6) is 0 Å². The first-order valence-corrected chi connectivity index (χ1v) is 2.87. The third kappa shape index (κ3) is 0.361. The standard InChI is InChI=1S/C6H9N/c1-2-6-3-5-7(6)4-1/h1-2,6H,3-5H2. The van der Waals surface area contributed by atoms with Crippen molar-refractivity contribution in [3.8, 4) is 0 Å². The quantitative estimate of drug-likeness (QED) is 0.399. The maximum Gasteiger partial charge on any atom is 0.0294 e. The third-order valence-corrected chi connectivity index (χ3v) is 1.88. The van der Waals surface area contributed by atoms with Crippen molar-refractivity contribution in [1.29, 1.82) is 0 Å². The minimum atomic E-state index is 0.847. The molecule has 0 radical (unpaired) electrons. The van der Waals surface area contributed by atoms with Gasteiger partial charge in [0, 0.05) is 19.1 Å². The lowest BCUT2D eigenvalue weighted by Crippen LogP contribution is -2.42. The van der Waals surface area contributed by atoms with Gasteiger partial charge in [-0.2, -0.15) is 0 Å². The number of nitrogens with zero attached hydrogens (tertiary/aromatic N) is 1. The first-order valence-electron chi connectivity index (χ1n) is 2.87. The van der Waals surface area contributed by atoms with Crippen LogP contribution in [0.2, 0.25) is 0 Å². The van der Waals surface area contributed by atoms with Crippen LogP contribution in [0.3, 0.4) is 0 Å². The van der Waals surface area contributed by atoms with Gasteiger partial charge in [-0.25, -0.2) is 0 Å². The van der Waals surface area contributed by atoms with Crippen LogP contribution in [0.25, 0.3) is 0 Å². The van der Waals surface area contributed by atoms with Crippen LogP contribution >= 0.6 is 0 Å². The fourth-order valence-corrected chi connectivity index (χ4v) is 1.26. The summed E-state index contributed by atoms with van der Waals surface area (Å²) in [6, 6.07) is 0.847. The summed E-state index contributed by atoms with van der Waals surface area (Å²) in [6.07, 6.45) is 5.97. The van der Waals surface area contributed by atoms with E-state index in [0.717, 1.165) is 6.04 Å². The summed E-state index contributed by atoms with van der Waals surface area (Å²) in [7, 11) is 0. The minimum absolute atomic E-state index is 0.847. The molecular weight excluding hydrogens is 86.1 g/mol. The van der Waals surface area contributed by atoms with Crippen LogP contribution in [0.15, 0.2) is 12.2 Å². The molecule has 2 rings (SSSR count). The SMILES string of the molecule is C1=CC2CCN2C1. The zero-order valence-electron chi connectivity index (χ0n) is 4.30. The number of hydrogen-bond acceptors (Lipinski definition) is 1. The van der Waals surface area contributed by atoms with E-state index in [4.69, 9.17) is 0 Å². The van der Waals surface area contributed by atoms with E-state index in [1.54, 1.807) is 0 Å². The third-order valence-electron chi connectivity index (χ3n) is 1.88. The Labute approximate surface area is 43.6 Å². The summed E-state index contributed by atoms with van der Waals surface area (Å²) in [5.74, 6) is 0. The van der Waals surface area contributed by atoms with Gasteiger partial charge in [0.2, 0.25) is 0 Å². The Kier molecular flexibility index (Phi) is 0.577. The van der Waals surface area contributed by atoms with Crippen molar-refractivity contribution in [3.05, 3.63) is 12.2 Å². The van der Waals surface area contributed by atoms with Gasteiger partial charge in [0.25, 0.3) is 0 Å². The zero-order valence-corrected chi connectivity index (χ0v) is 4.30. The first kappa shape index (κ1) is 3.67. The Bertz CT molecular complexity index is 107. The normalized spacial score (nSPS) is 38.0. The molecule has 7 heavy (non-hydrogen) atoms. The molecule has 1 atom stereocenters. The zero-order chi connectivity index (χ0) is 4.69. The van der Waals surface area contributed by atoms with Crippen molar-refractivity contribution < 1.29 is 0 Å². The van der Waals surface area contributed by atoms with Gasteiger partial charge in [-0.15, -0.1) is 0 Å². The second-order valence-electron chi connectivity index (χ2n) is 2.28. The molecule has 0 aromatic rings. The largest absolute Gasteiger partial charge is 0.293 e. The van der Waals surface area contributed by atoms with E-state index >= 15 is 0 Å².